The number of hydrogen-bond acceptors (Lipinski definition) is 7. The van der Waals surface area contributed by atoms with Gasteiger partial charge in [0.1, 0.15) is 0 Å². The first-order valence-electron chi connectivity index (χ1n) is 6.84. The van der Waals surface area contributed by atoms with E-state index in [-0.39, 0.29) is 24.6 Å². The summed E-state index contributed by atoms with van der Waals surface area (Å²) in [7, 11) is 5.71. The van der Waals surface area contributed by atoms with Gasteiger partial charge in [-0.25, -0.2) is 0 Å². The van der Waals surface area contributed by atoms with E-state index in [9.17, 15) is 10.1 Å². The normalized spacial score (nSPS) is 20.8. The van der Waals surface area contributed by atoms with Crippen LogP contribution >= 0.6 is 24.2 Å². The smallest absolute Gasteiger partial charge is 0.274 e. The average molecular weight is 353 g/mol. The van der Waals surface area contributed by atoms with Crippen LogP contribution in [-0.2, 0) is 4.74 Å². The highest BCUT2D eigenvalue weighted by Gasteiger charge is 2.19. The van der Waals surface area contributed by atoms with E-state index in [0.717, 1.165) is 24.3 Å². The van der Waals surface area contributed by atoms with Gasteiger partial charge in [-0.2, -0.15) is 11.8 Å². The standard InChI is InChI=1S/C13H24N4O3S.ClH/c1-14-13(9-17(18)19)15-6-7-21-10-12-5-4-11(20-12)8-16(2)3;/h4-5,9,11-12,14-15H,6-8,10H2,1-3H3;1H/b13-9-;. The fraction of sp³-hybridized carbons (Fsp3) is 0.692. The van der Waals surface area contributed by atoms with E-state index in [1.807, 2.05) is 14.1 Å². The summed E-state index contributed by atoms with van der Waals surface area (Å²) in [5.74, 6) is 2.18. The second-order valence-electron chi connectivity index (χ2n) is 4.94. The Hall–Kier alpha value is -0.960. The summed E-state index contributed by atoms with van der Waals surface area (Å²) >= 11 is 1.77. The lowest BCUT2D eigenvalue weighted by Crippen LogP contribution is -2.28. The van der Waals surface area contributed by atoms with E-state index >= 15 is 0 Å². The summed E-state index contributed by atoms with van der Waals surface area (Å²) in [6.45, 7) is 1.57. The van der Waals surface area contributed by atoms with Crippen LogP contribution in [-0.4, -0.2) is 67.8 Å². The minimum atomic E-state index is -0.478. The third-order valence-electron chi connectivity index (χ3n) is 2.78. The number of rotatable bonds is 10. The molecule has 0 saturated heterocycles. The SMILES string of the molecule is CN/C(=C/[N+](=O)[O-])NCCSCC1C=CC(CN(C)C)O1.Cl. The number of nitrogens with one attached hydrogen (secondary N) is 2. The number of ether oxygens (including phenoxy) is 1. The molecule has 1 aliphatic rings. The first kappa shape index (κ1) is 21.0. The molecule has 0 bridgehead atoms. The Morgan fingerprint density at radius 1 is 1.45 bits per heavy atom. The lowest BCUT2D eigenvalue weighted by atomic mass is 10.3. The van der Waals surface area contributed by atoms with Crippen molar-refractivity contribution < 1.29 is 9.66 Å². The van der Waals surface area contributed by atoms with E-state index in [4.69, 9.17) is 4.74 Å². The van der Waals surface area contributed by atoms with Gasteiger partial charge < -0.3 is 20.3 Å². The van der Waals surface area contributed by atoms with Crippen LogP contribution in [0.25, 0.3) is 0 Å². The van der Waals surface area contributed by atoms with Crippen LogP contribution in [0.1, 0.15) is 0 Å². The van der Waals surface area contributed by atoms with E-state index in [1.165, 1.54) is 0 Å². The van der Waals surface area contributed by atoms with Gasteiger partial charge in [-0.05, 0) is 14.1 Å². The number of nitro groups is 1. The van der Waals surface area contributed by atoms with Gasteiger partial charge in [-0.3, -0.25) is 10.1 Å². The summed E-state index contributed by atoms with van der Waals surface area (Å²) in [4.78, 5) is 12.0. The number of likely N-dealkylation sites (N-methyl/N-ethyl adjacent to an activating group) is 1. The number of halogens is 1. The zero-order chi connectivity index (χ0) is 15.7. The second-order valence-corrected chi connectivity index (χ2v) is 6.09. The Morgan fingerprint density at radius 2 is 2.14 bits per heavy atom. The van der Waals surface area contributed by atoms with Gasteiger partial charge in [-0.1, -0.05) is 12.2 Å². The molecular formula is C13H25ClN4O3S. The predicted molar refractivity (Wildman–Crippen MR) is 93.1 cm³/mol. The van der Waals surface area contributed by atoms with E-state index < -0.39 is 4.92 Å². The Bertz CT molecular complexity index is 393. The van der Waals surface area contributed by atoms with Crippen molar-refractivity contribution in [1.82, 2.24) is 15.5 Å². The Balaban J connectivity index is 0.00000441. The van der Waals surface area contributed by atoms with Crippen molar-refractivity contribution >= 4 is 24.2 Å². The van der Waals surface area contributed by atoms with Crippen molar-refractivity contribution in [2.45, 2.75) is 12.2 Å². The van der Waals surface area contributed by atoms with Gasteiger partial charge in [0.25, 0.3) is 6.20 Å². The molecular weight excluding hydrogens is 328 g/mol. The van der Waals surface area contributed by atoms with E-state index in [0.29, 0.717) is 12.4 Å². The minimum Gasteiger partial charge on any atom is -0.370 e. The average Bonchev–Trinajstić information content (AvgIpc) is 2.83. The molecule has 1 aliphatic heterocycles. The maximum Gasteiger partial charge on any atom is 0.274 e. The van der Waals surface area contributed by atoms with Crippen LogP contribution in [0.3, 0.4) is 0 Å². The summed E-state index contributed by atoms with van der Waals surface area (Å²) < 4.78 is 5.87. The lowest BCUT2D eigenvalue weighted by molar-refractivity contribution is -0.404. The quantitative estimate of drug-likeness (QED) is 0.262. The van der Waals surface area contributed by atoms with Gasteiger partial charge in [0, 0.05) is 31.6 Å². The number of thioether (sulfide) groups is 1. The van der Waals surface area contributed by atoms with Crippen LogP contribution < -0.4 is 10.6 Å². The molecule has 1 rings (SSSR count). The molecule has 0 aromatic carbocycles. The van der Waals surface area contributed by atoms with Crippen molar-refractivity contribution in [2.24, 2.45) is 0 Å². The van der Waals surface area contributed by atoms with Crippen molar-refractivity contribution in [3.8, 4) is 0 Å². The molecule has 7 nitrogen and oxygen atoms in total. The van der Waals surface area contributed by atoms with Gasteiger partial charge in [0.2, 0.25) is 0 Å². The molecule has 2 unspecified atom stereocenters. The molecule has 0 aromatic rings. The first-order chi connectivity index (χ1) is 10.0. The van der Waals surface area contributed by atoms with Gasteiger partial charge >= 0.3 is 0 Å². The fourth-order valence-electron chi connectivity index (χ4n) is 1.88. The van der Waals surface area contributed by atoms with E-state index in [1.54, 1.807) is 18.8 Å². The largest absolute Gasteiger partial charge is 0.370 e. The van der Waals surface area contributed by atoms with Gasteiger partial charge in [0.05, 0.1) is 17.1 Å². The lowest BCUT2D eigenvalue weighted by Gasteiger charge is -2.17. The molecule has 128 valence electrons. The molecule has 0 aromatic heterocycles. The first-order valence-corrected chi connectivity index (χ1v) is 8.00. The highest BCUT2D eigenvalue weighted by atomic mass is 35.5. The summed E-state index contributed by atoms with van der Waals surface area (Å²) in [5, 5.41) is 16.1. The number of nitrogens with zero attached hydrogens (tertiary/aromatic N) is 2. The van der Waals surface area contributed by atoms with E-state index in [2.05, 4.69) is 27.7 Å². The molecule has 0 fully saturated rings. The molecule has 0 amide bonds. The maximum atomic E-state index is 10.4. The topological polar surface area (TPSA) is 79.7 Å². The third-order valence-corrected chi connectivity index (χ3v) is 3.84. The Kier molecular flexibility index (Phi) is 11.1. The monoisotopic (exact) mass is 352 g/mol. The van der Waals surface area contributed by atoms with Crippen molar-refractivity contribution in [2.75, 3.05) is 45.7 Å². The van der Waals surface area contributed by atoms with Crippen molar-refractivity contribution in [3.05, 3.63) is 34.3 Å². The van der Waals surface area contributed by atoms with Crippen LogP contribution in [0.15, 0.2) is 24.2 Å². The van der Waals surface area contributed by atoms with Crippen molar-refractivity contribution in [1.29, 1.82) is 0 Å². The zero-order valence-corrected chi connectivity index (χ0v) is 14.8. The maximum absolute atomic E-state index is 10.4. The highest BCUT2D eigenvalue weighted by Crippen LogP contribution is 2.16. The molecule has 0 aliphatic carbocycles. The van der Waals surface area contributed by atoms with Crippen LogP contribution in [0, 0.1) is 10.1 Å². The molecule has 2 atom stereocenters. The number of hydrogen-bond donors (Lipinski definition) is 2. The second kappa shape index (κ2) is 11.6. The van der Waals surface area contributed by atoms with Gasteiger partial charge in [-0.15, -0.1) is 12.4 Å². The summed E-state index contributed by atoms with van der Waals surface area (Å²) in [6, 6.07) is 0. The molecule has 0 saturated carbocycles. The fourth-order valence-corrected chi connectivity index (χ4v) is 2.72. The zero-order valence-electron chi connectivity index (χ0n) is 13.2. The predicted octanol–water partition coefficient (Wildman–Crippen LogP) is 0.911. The molecule has 1 heterocycles. The summed E-state index contributed by atoms with van der Waals surface area (Å²) in [6.07, 6.45) is 5.50. The molecule has 0 radical (unpaired) electrons. The molecule has 9 heteroatoms. The highest BCUT2D eigenvalue weighted by molar-refractivity contribution is 7.99. The summed E-state index contributed by atoms with van der Waals surface area (Å²) in [5.41, 5.74) is 0. The van der Waals surface area contributed by atoms with Gasteiger partial charge in [0.15, 0.2) is 5.82 Å². The Labute approximate surface area is 142 Å². The van der Waals surface area contributed by atoms with Crippen LogP contribution in [0.5, 0.6) is 0 Å². The Morgan fingerprint density at radius 3 is 2.73 bits per heavy atom. The third kappa shape index (κ3) is 9.14. The molecule has 0 spiro atoms. The van der Waals surface area contributed by atoms with Crippen LogP contribution in [0.2, 0.25) is 0 Å². The molecule has 2 N–H and O–H groups in total. The van der Waals surface area contributed by atoms with Crippen LogP contribution in [0.4, 0.5) is 0 Å². The molecule has 22 heavy (non-hydrogen) atoms. The van der Waals surface area contributed by atoms with Crippen molar-refractivity contribution in [3.63, 3.8) is 0 Å². The minimum absolute atomic E-state index is 0.